The molecule has 1 saturated heterocycles. The minimum Gasteiger partial charge on any atom is -0.491 e. The van der Waals surface area contributed by atoms with Crippen LogP contribution in [0, 0.1) is 19.8 Å². The number of hydrogen-bond donors (Lipinski definition) is 0. The van der Waals surface area contributed by atoms with Crippen molar-refractivity contribution in [3.05, 3.63) is 124 Å². The van der Waals surface area contributed by atoms with Crippen molar-refractivity contribution in [2.24, 2.45) is 5.92 Å². The molecule has 7 nitrogen and oxygen atoms in total. The van der Waals surface area contributed by atoms with Gasteiger partial charge in [-0.2, -0.15) is 0 Å². The lowest BCUT2D eigenvalue weighted by Crippen LogP contribution is -2.33. The van der Waals surface area contributed by atoms with E-state index >= 15 is 0 Å². The lowest BCUT2D eigenvalue weighted by atomic mass is 9.80. The number of ketones is 2. The number of alkyl halides is 3. The van der Waals surface area contributed by atoms with Gasteiger partial charge in [-0.05, 0) is 78.4 Å². The first-order chi connectivity index (χ1) is 24.0. The highest BCUT2D eigenvalue weighted by atomic mass is 19.4. The van der Waals surface area contributed by atoms with Crippen LogP contribution in [-0.2, 0) is 14.3 Å². The minimum atomic E-state index is -4.73. The highest BCUT2D eigenvalue weighted by molar-refractivity contribution is 5.84. The number of Topliss-reactive ketones (excluding diaryl/α,β-unsaturated/α-hetero) is 2. The number of fused-ring (bicyclic) bond motifs is 1. The number of carbonyl (C=O) groups excluding carboxylic acids is 2. The summed E-state index contributed by atoms with van der Waals surface area (Å²) in [4.78, 5) is 29.8. The number of hydrogen-bond acceptors (Lipinski definition) is 7. The maximum Gasteiger partial charge on any atom is 0.522 e. The molecule has 2 aliphatic rings. The number of ether oxygens (including phenoxy) is 4. The third kappa shape index (κ3) is 8.03. The van der Waals surface area contributed by atoms with Crippen LogP contribution in [-0.4, -0.2) is 55.9 Å². The molecule has 0 bridgehead atoms. The average Bonchev–Trinajstić information content (AvgIpc) is 3.71. The molecule has 6 rings (SSSR count). The van der Waals surface area contributed by atoms with Crippen molar-refractivity contribution in [2.45, 2.75) is 51.4 Å². The van der Waals surface area contributed by atoms with Gasteiger partial charge in [0, 0.05) is 36.8 Å². The largest absolute Gasteiger partial charge is 0.522 e. The van der Waals surface area contributed by atoms with E-state index in [1.165, 1.54) is 0 Å². The van der Waals surface area contributed by atoms with E-state index in [2.05, 4.69) is 47.7 Å². The second-order valence-electron chi connectivity index (χ2n) is 13.0. The van der Waals surface area contributed by atoms with E-state index in [0.29, 0.717) is 23.8 Å². The molecule has 1 fully saturated rings. The molecule has 0 saturated carbocycles. The molecule has 2 heterocycles. The Hall–Kier alpha value is -4.67. The van der Waals surface area contributed by atoms with E-state index in [-0.39, 0.29) is 49.8 Å². The lowest BCUT2D eigenvalue weighted by molar-refractivity contribution is -0.325. The van der Waals surface area contributed by atoms with Gasteiger partial charge in [0.1, 0.15) is 23.9 Å². The number of likely N-dealkylation sites (tertiary alicyclic amines) is 1. The number of benzene rings is 4. The zero-order valence-electron chi connectivity index (χ0n) is 28.2. The van der Waals surface area contributed by atoms with Crippen molar-refractivity contribution < 1.29 is 41.7 Å². The summed E-state index contributed by atoms with van der Waals surface area (Å²) in [6.07, 6.45) is -4.45. The van der Waals surface area contributed by atoms with Crippen LogP contribution < -0.4 is 14.2 Å². The van der Waals surface area contributed by atoms with Crippen molar-refractivity contribution in [3.63, 3.8) is 0 Å². The van der Waals surface area contributed by atoms with Gasteiger partial charge in [0.25, 0.3) is 0 Å². The van der Waals surface area contributed by atoms with Crippen LogP contribution in [0.15, 0.2) is 91.0 Å². The van der Waals surface area contributed by atoms with E-state index in [0.717, 1.165) is 33.4 Å². The molecule has 0 N–H and O–H groups in total. The number of nitrogens with zero attached hydrogens (tertiary/aromatic N) is 1. The number of carbonyl (C=O) groups is 2. The summed E-state index contributed by atoms with van der Waals surface area (Å²) < 4.78 is 57.6. The summed E-state index contributed by atoms with van der Waals surface area (Å²) in [6, 6.07) is 28.5. The maximum absolute atomic E-state index is 14.2. The van der Waals surface area contributed by atoms with Crippen LogP contribution in [0.5, 0.6) is 17.2 Å². The molecule has 4 aromatic rings. The average molecular weight is 688 g/mol. The normalized spacial score (nSPS) is 18.8. The summed E-state index contributed by atoms with van der Waals surface area (Å²) in [5, 5.41) is 0. The van der Waals surface area contributed by atoms with Crippen LogP contribution >= 0.6 is 0 Å². The highest BCUT2D eigenvalue weighted by Crippen LogP contribution is 2.48. The standard InChI is InChI=1S/C40H40F3NO6/c1-25-8-4-6-10-32(25)34(33-11-7-5-9-26(33)2)21-30(46)22-44-23-35(29-14-17-36-37(20-29)49-24-48-36)38(27(3)45)39(44)28-12-15-31(16-13-28)47-18-19-50-40(41,42)43/h4-17,20,34-35,38-39H,18-19,21-24H2,1-3H3/t35-,38-,39+/m1/s1. The molecular weight excluding hydrogens is 647 g/mol. The van der Waals surface area contributed by atoms with Crippen molar-refractivity contribution in [3.8, 4) is 17.2 Å². The fraction of sp³-hybridized carbons (Fsp3) is 0.350. The number of halogens is 3. The van der Waals surface area contributed by atoms with Crippen LogP contribution in [0.2, 0.25) is 0 Å². The molecule has 4 aromatic carbocycles. The van der Waals surface area contributed by atoms with E-state index < -0.39 is 24.9 Å². The van der Waals surface area contributed by atoms with Crippen molar-refractivity contribution in [2.75, 3.05) is 33.1 Å². The molecular formula is C40H40F3NO6. The Morgan fingerprint density at radius 2 is 1.46 bits per heavy atom. The molecule has 10 heteroatoms. The predicted molar refractivity (Wildman–Crippen MR) is 182 cm³/mol. The van der Waals surface area contributed by atoms with Gasteiger partial charge in [0.15, 0.2) is 11.5 Å². The second-order valence-corrected chi connectivity index (χ2v) is 13.0. The van der Waals surface area contributed by atoms with Crippen LogP contribution in [0.1, 0.15) is 64.6 Å². The fourth-order valence-electron chi connectivity index (χ4n) is 7.41. The monoisotopic (exact) mass is 687 g/mol. The van der Waals surface area contributed by atoms with Gasteiger partial charge < -0.3 is 14.2 Å². The van der Waals surface area contributed by atoms with Gasteiger partial charge in [-0.1, -0.05) is 66.7 Å². The molecule has 0 unspecified atom stereocenters. The molecule has 3 atom stereocenters. The Labute approximate surface area is 289 Å². The third-order valence-electron chi connectivity index (χ3n) is 9.67. The zero-order chi connectivity index (χ0) is 35.4. The van der Waals surface area contributed by atoms with Crippen molar-refractivity contribution in [1.29, 1.82) is 0 Å². The Bertz CT molecular complexity index is 1780. The minimum absolute atomic E-state index is 0.0186. The summed E-state index contributed by atoms with van der Waals surface area (Å²) >= 11 is 0. The summed E-state index contributed by atoms with van der Waals surface area (Å²) in [7, 11) is 0. The summed E-state index contributed by atoms with van der Waals surface area (Å²) in [5.74, 6) is 0.788. The topological polar surface area (TPSA) is 74.3 Å². The second kappa shape index (κ2) is 15.1. The van der Waals surface area contributed by atoms with E-state index in [1.807, 2.05) is 54.6 Å². The van der Waals surface area contributed by atoms with Gasteiger partial charge in [-0.25, -0.2) is 0 Å². The Morgan fingerprint density at radius 1 is 0.840 bits per heavy atom. The smallest absolute Gasteiger partial charge is 0.491 e. The molecule has 262 valence electrons. The first-order valence-corrected chi connectivity index (χ1v) is 16.7. The van der Waals surface area contributed by atoms with Crippen LogP contribution in [0.25, 0.3) is 0 Å². The van der Waals surface area contributed by atoms with Gasteiger partial charge in [-0.15, -0.1) is 13.2 Å². The molecule has 0 amide bonds. The van der Waals surface area contributed by atoms with Crippen LogP contribution in [0.3, 0.4) is 0 Å². The molecule has 0 radical (unpaired) electrons. The predicted octanol–water partition coefficient (Wildman–Crippen LogP) is 8.08. The Kier molecular flexibility index (Phi) is 10.6. The molecule has 2 aliphatic heterocycles. The zero-order valence-corrected chi connectivity index (χ0v) is 28.2. The maximum atomic E-state index is 14.2. The molecule has 0 spiro atoms. The van der Waals surface area contributed by atoms with Crippen molar-refractivity contribution in [1.82, 2.24) is 4.90 Å². The number of aryl methyl sites for hydroxylation is 2. The third-order valence-corrected chi connectivity index (χ3v) is 9.67. The molecule has 0 aromatic heterocycles. The lowest BCUT2D eigenvalue weighted by Gasteiger charge is -2.29. The molecule has 0 aliphatic carbocycles. The SMILES string of the molecule is CC(=O)[C@@H]1[C@@H](c2ccc3c(c2)OCO3)CN(CC(=O)CC(c2ccccc2C)c2ccccc2C)[C@H]1c1ccc(OCCOC(F)(F)F)cc1. The molecule has 50 heavy (non-hydrogen) atoms. The highest BCUT2D eigenvalue weighted by Gasteiger charge is 2.46. The Morgan fingerprint density at radius 3 is 2.08 bits per heavy atom. The van der Waals surface area contributed by atoms with E-state index in [1.54, 1.807) is 19.1 Å². The van der Waals surface area contributed by atoms with E-state index in [4.69, 9.17) is 14.2 Å². The van der Waals surface area contributed by atoms with Gasteiger partial charge in [0.2, 0.25) is 6.79 Å². The fourth-order valence-corrected chi connectivity index (χ4v) is 7.41. The quantitative estimate of drug-likeness (QED) is 0.132. The van der Waals surface area contributed by atoms with Crippen molar-refractivity contribution >= 4 is 11.6 Å². The number of rotatable bonds is 13. The van der Waals surface area contributed by atoms with Gasteiger partial charge >= 0.3 is 6.36 Å². The van der Waals surface area contributed by atoms with E-state index in [9.17, 15) is 22.8 Å². The first-order valence-electron chi connectivity index (χ1n) is 16.7. The summed E-state index contributed by atoms with van der Waals surface area (Å²) in [6.45, 7) is 5.48. The Balaban J connectivity index is 1.29. The summed E-state index contributed by atoms with van der Waals surface area (Å²) in [5.41, 5.74) is 6.14. The van der Waals surface area contributed by atoms with Gasteiger partial charge in [0.05, 0.1) is 13.2 Å². The van der Waals surface area contributed by atoms with Crippen LogP contribution in [0.4, 0.5) is 13.2 Å². The van der Waals surface area contributed by atoms with Gasteiger partial charge in [-0.3, -0.25) is 19.2 Å². The first kappa shape index (κ1) is 35.2.